The smallest absolute Gasteiger partial charge is 0.272 e. The van der Waals surface area contributed by atoms with Crippen LogP contribution in [0.2, 0.25) is 0 Å². The van der Waals surface area contributed by atoms with Crippen LogP contribution in [0.4, 0.5) is 5.69 Å². The van der Waals surface area contributed by atoms with Crippen LogP contribution in [0, 0.1) is 30.9 Å². The molecule has 3 rings (SSSR count). The first kappa shape index (κ1) is 18.3. The minimum atomic E-state index is -0.356. The predicted octanol–water partition coefficient (Wildman–Crippen LogP) is 4.99. The SMILES string of the molecule is Cc1c[n+](/C=C(\O)c2ccccc2)c(C)cc1-c1ccc(C)c([N+](=O)[O-])c1. The first-order valence-electron chi connectivity index (χ1n) is 8.61. The number of nitrogens with zero attached hydrogens (tertiary/aromatic N) is 2. The second-order valence-corrected chi connectivity index (χ2v) is 6.56. The van der Waals surface area contributed by atoms with Gasteiger partial charge in [0.2, 0.25) is 6.20 Å². The van der Waals surface area contributed by atoms with E-state index in [4.69, 9.17) is 0 Å². The van der Waals surface area contributed by atoms with Gasteiger partial charge in [-0.25, -0.2) is 0 Å². The third-order valence-corrected chi connectivity index (χ3v) is 4.57. The van der Waals surface area contributed by atoms with Crippen molar-refractivity contribution >= 4 is 17.6 Å². The van der Waals surface area contributed by atoms with Crippen LogP contribution in [-0.2, 0) is 0 Å². The number of aliphatic hydroxyl groups excluding tert-OH is 1. The van der Waals surface area contributed by atoms with Gasteiger partial charge in [-0.05, 0) is 25.0 Å². The van der Waals surface area contributed by atoms with Gasteiger partial charge in [0, 0.05) is 35.7 Å². The molecule has 0 aliphatic carbocycles. The van der Waals surface area contributed by atoms with E-state index in [1.165, 1.54) is 0 Å². The van der Waals surface area contributed by atoms with Crippen molar-refractivity contribution in [3.63, 3.8) is 0 Å². The number of benzene rings is 2. The Morgan fingerprint density at radius 1 is 1.04 bits per heavy atom. The first-order chi connectivity index (χ1) is 12.9. The van der Waals surface area contributed by atoms with Gasteiger partial charge in [0.1, 0.15) is 0 Å². The third kappa shape index (κ3) is 3.87. The van der Waals surface area contributed by atoms with Crippen LogP contribution in [0.5, 0.6) is 0 Å². The number of pyridine rings is 1. The summed E-state index contributed by atoms with van der Waals surface area (Å²) in [5.41, 5.74) is 5.08. The molecule has 0 saturated carbocycles. The molecule has 0 bridgehead atoms. The van der Waals surface area contributed by atoms with E-state index in [2.05, 4.69) is 0 Å². The van der Waals surface area contributed by atoms with E-state index in [0.29, 0.717) is 5.56 Å². The molecule has 1 aromatic heterocycles. The van der Waals surface area contributed by atoms with Crippen LogP contribution in [-0.4, -0.2) is 10.0 Å². The molecule has 5 heteroatoms. The number of hydrogen-bond donors (Lipinski definition) is 1. The number of hydrogen-bond acceptors (Lipinski definition) is 3. The second-order valence-electron chi connectivity index (χ2n) is 6.56. The van der Waals surface area contributed by atoms with E-state index in [9.17, 15) is 15.2 Å². The van der Waals surface area contributed by atoms with Gasteiger partial charge < -0.3 is 5.11 Å². The first-order valence-corrected chi connectivity index (χ1v) is 8.61. The molecule has 0 unspecified atom stereocenters. The number of nitro benzene ring substituents is 1. The molecule has 0 radical (unpaired) electrons. The van der Waals surface area contributed by atoms with Gasteiger partial charge in [0.05, 0.1) is 4.92 Å². The molecule has 0 spiro atoms. The summed E-state index contributed by atoms with van der Waals surface area (Å²) in [6, 6.07) is 16.6. The normalized spacial score (nSPS) is 11.4. The highest BCUT2D eigenvalue weighted by molar-refractivity contribution is 5.70. The van der Waals surface area contributed by atoms with Crippen LogP contribution in [0.3, 0.4) is 0 Å². The van der Waals surface area contributed by atoms with Crippen molar-refractivity contribution < 1.29 is 14.6 Å². The fourth-order valence-electron chi connectivity index (χ4n) is 3.02. The summed E-state index contributed by atoms with van der Waals surface area (Å²) in [5, 5.41) is 21.6. The van der Waals surface area contributed by atoms with E-state index in [1.807, 2.05) is 67.1 Å². The minimum Gasteiger partial charge on any atom is -0.502 e. The van der Waals surface area contributed by atoms with E-state index in [0.717, 1.165) is 27.9 Å². The van der Waals surface area contributed by atoms with Crippen molar-refractivity contribution in [1.29, 1.82) is 0 Å². The van der Waals surface area contributed by atoms with E-state index < -0.39 is 0 Å². The van der Waals surface area contributed by atoms with Crippen molar-refractivity contribution in [2.24, 2.45) is 0 Å². The summed E-state index contributed by atoms with van der Waals surface area (Å²) in [5.74, 6) is 0.168. The van der Waals surface area contributed by atoms with Gasteiger partial charge in [0.15, 0.2) is 17.6 Å². The number of rotatable bonds is 4. The summed E-state index contributed by atoms with van der Waals surface area (Å²) >= 11 is 0. The van der Waals surface area contributed by atoms with Gasteiger partial charge >= 0.3 is 0 Å². The summed E-state index contributed by atoms with van der Waals surface area (Å²) in [7, 11) is 0. The molecule has 0 aliphatic rings. The van der Waals surface area contributed by atoms with Gasteiger partial charge in [-0.1, -0.05) is 42.5 Å². The summed E-state index contributed by atoms with van der Waals surface area (Å²) in [6.07, 6.45) is 3.58. The lowest BCUT2D eigenvalue weighted by atomic mass is 9.99. The molecule has 136 valence electrons. The van der Waals surface area contributed by atoms with Gasteiger partial charge in [-0.15, -0.1) is 0 Å². The third-order valence-electron chi connectivity index (χ3n) is 4.57. The average Bonchev–Trinajstić information content (AvgIpc) is 2.65. The summed E-state index contributed by atoms with van der Waals surface area (Å²) in [4.78, 5) is 10.9. The Morgan fingerprint density at radius 3 is 2.41 bits per heavy atom. The van der Waals surface area contributed by atoms with Crippen LogP contribution in [0.1, 0.15) is 22.4 Å². The topological polar surface area (TPSA) is 67.2 Å². The number of nitro groups is 1. The van der Waals surface area contributed by atoms with Gasteiger partial charge in [0.25, 0.3) is 5.69 Å². The summed E-state index contributed by atoms with van der Waals surface area (Å²) in [6.45, 7) is 5.61. The van der Waals surface area contributed by atoms with Crippen molar-refractivity contribution in [3.05, 3.63) is 93.3 Å². The van der Waals surface area contributed by atoms with E-state index >= 15 is 0 Å². The Labute approximate surface area is 158 Å². The lowest BCUT2D eigenvalue weighted by Crippen LogP contribution is -2.30. The minimum absolute atomic E-state index is 0.114. The van der Waals surface area contributed by atoms with Crippen LogP contribution in [0.25, 0.3) is 23.1 Å². The molecule has 0 atom stereocenters. The monoisotopic (exact) mass is 361 g/mol. The zero-order valence-electron chi connectivity index (χ0n) is 15.5. The maximum Gasteiger partial charge on any atom is 0.272 e. The van der Waals surface area contributed by atoms with Crippen molar-refractivity contribution in [2.45, 2.75) is 20.8 Å². The Morgan fingerprint density at radius 2 is 1.74 bits per heavy atom. The van der Waals surface area contributed by atoms with Crippen molar-refractivity contribution in [3.8, 4) is 11.1 Å². The average molecular weight is 361 g/mol. The highest BCUT2D eigenvalue weighted by Gasteiger charge is 2.16. The zero-order chi connectivity index (χ0) is 19.6. The van der Waals surface area contributed by atoms with Crippen molar-refractivity contribution in [2.75, 3.05) is 0 Å². The molecule has 0 saturated heterocycles. The molecule has 1 N–H and O–H groups in total. The van der Waals surface area contributed by atoms with E-state index in [1.54, 1.807) is 25.3 Å². The number of aliphatic hydroxyl groups is 1. The molecule has 0 aliphatic heterocycles. The van der Waals surface area contributed by atoms with Crippen molar-refractivity contribution in [1.82, 2.24) is 0 Å². The fourth-order valence-corrected chi connectivity index (χ4v) is 3.02. The molecule has 27 heavy (non-hydrogen) atoms. The molecule has 0 fully saturated rings. The highest BCUT2D eigenvalue weighted by atomic mass is 16.6. The summed E-state index contributed by atoms with van der Waals surface area (Å²) < 4.78 is 1.85. The molecular formula is C22H21N2O3+. The molecule has 1 heterocycles. The Kier molecular flexibility index (Phi) is 5.03. The maximum atomic E-state index is 11.2. The van der Waals surface area contributed by atoms with Gasteiger partial charge in [-0.3, -0.25) is 10.1 Å². The molecule has 0 amide bonds. The molecule has 2 aromatic carbocycles. The number of aryl methyl sites for hydroxylation is 3. The lowest BCUT2D eigenvalue weighted by Gasteiger charge is -2.08. The highest BCUT2D eigenvalue weighted by Crippen LogP contribution is 2.29. The quantitative estimate of drug-likeness (QED) is 0.308. The van der Waals surface area contributed by atoms with E-state index in [-0.39, 0.29) is 16.4 Å². The van der Waals surface area contributed by atoms with Crippen LogP contribution < -0.4 is 4.57 Å². The molecule has 3 aromatic rings. The largest absolute Gasteiger partial charge is 0.502 e. The number of aromatic nitrogens is 1. The Hall–Kier alpha value is -3.47. The predicted molar refractivity (Wildman–Crippen MR) is 106 cm³/mol. The van der Waals surface area contributed by atoms with Crippen LogP contribution in [0.15, 0.2) is 60.8 Å². The Bertz CT molecular complexity index is 1040. The lowest BCUT2D eigenvalue weighted by molar-refractivity contribution is -0.575. The molecular weight excluding hydrogens is 340 g/mol. The fraction of sp³-hybridized carbons (Fsp3) is 0.136. The Balaban J connectivity index is 2.04. The second kappa shape index (κ2) is 7.41. The zero-order valence-corrected chi connectivity index (χ0v) is 15.5. The van der Waals surface area contributed by atoms with Gasteiger partial charge in [-0.2, -0.15) is 4.57 Å². The maximum absolute atomic E-state index is 11.2. The molecule has 5 nitrogen and oxygen atoms in total. The van der Waals surface area contributed by atoms with Crippen LogP contribution >= 0.6 is 0 Å². The standard InChI is InChI=1S/C22H20N2O3/c1-15-9-10-19(12-21(15)24(26)27)20-11-17(3)23(13-16(20)2)14-22(25)18-7-5-4-6-8-18/h4-14H,1-3H3/p+1/b22-14-.